The van der Waals surface area contributed by atoms with Crippen molar-refractivity contribution in [3.63, 3.8) is 0 Å². The van der Waals surface area contributed by atoms with Crippen molar-refractivity contribution < 1.29 is 5.11 Å². The zero-order valence-corrected chi connectivity index (χ0v) is 23.6. The molecular weight excluding hydrogens is 492 g/mol. The van der Waals surface area contributed by atoms with E-state index in [-0.39, 0.29) is 18.2 Å². The fourth-order valence-corrected chi connectivity index (χ4v) is 5.01. The van der Waals surface area contributed by atoms with Crippen molar-refractivity contribution in [1.82, 2.24) is 29.2 Å². The van der Waals surface area contributed by atoms with Gasteiger partial charge in [0.05, 0.1) is 12.3 Å². The third-order valence-electron chi connectivity index (χ3n) is 7.45. The van der Waals surface area contributed by atoms with Crippen molar-refractivity contribution in [2.75, 3.05) is 50.1 Å². The standard InChI is InChI=1S/C29H38N8O2/c1-19(2)36-27(39)22-17-30-28(31-21-10-11-23(20(3)16-21)35-14-12-34(6)13-15-35)33-26(22)37(36)25-9-7-8-24(32-25)29(4,5)18-38/h7-11,16-17,19,38H,12-15,18H2,1-6H3,(H,30,31,33). The molecule has 0 radical (unpaired) electrons. The van der Waals surface area contributed by atoms with Crippen LogP contribution in [0.5, 0.6) is 0 Å². The predicted octanol–water partition coefficient (Wildman–Crippen LogP) is 3.63. The summed E-state index contributed by atoms with van der Waals surface area (Å²) in [5.41, 5.74) is 3.81. The van der Waals surface area contributed by atoms with Gasteiger partial charge in [-0.1, -0.05) is 19.9 Å². The van der Waals surface area contributed by atoms with Crippen LogP contribution in [0.15, 0.2) is 47.4 Å². The van der Waals surface area contributed by atoms with Gasteiger partial charge >= 0.3 is 0 Å². The lowest BCUT2D eigenvalue weighted by molar-refractivity contribution is 0.215. The summed E-state index contributed by atoms with van der Waals surface area (Å²) >= 11 is 0. The van der Waals surface area contributed by atoms with Gasteiger partial charge in [0.1, 0.15) is 5.39 Å². The van der Waals surface area contributed by atoms with Gasteiger partial charge in [0.2, 0.25) is 5.95 Å². The summed E-state index contributed by atoms with van der Waals surface area (Å²) in [5, 5.41) is 13.6. The molecule has 3 aromatic heterocycles. The summed E-state index contributed by atoms with van der Waals surface area (Å²) in [4.78, 5) is 32.3. The van der Waals surface area contributed by atoms with Gasteiger partial charge in [-0.3, -0.25) is 4.79 Å². The zero-order valence-electron chi connectivity index (χ0n) is 23.6. The summed E-state index contributed by atoms with van der Waals surface area (Å²) in [6, 6.07) is 11.8. The minimum Gasteiger partial charge on any atom is -0.395 e. The van der Waals surface area contributed by atoms with E-state index >= 15 is 0 Å². The van der Waals surface area contributed by atoms with E-state index < -0.39 is 5.41 Å². The van der Waals surface area contributed by atoms with E-state index in [9.17, 15) is 9.90 Å². The summed E-state index contributed by atoms with van der Waals surface area (Å²) in [6.07, 6.45) is 1.58. The Kier molecular flexibility index (Phi) is 7.17. The molecule has 0 saturated carbocycles. The van der Waals surface area contributed by atoms with Gasteiger partial charge in [0.15, 0.2) is 11.5 Å². The van der Waals surface area contributed by atoms with Crippen LogP contribution in [0.25, 0.3) is 16.9 Å². The van der Waals surface area contributed by atoms with Crippen LogP contribution in [-0.4, -0.2) is 74.2 Å². The summed E-state index contributed by atoms with van der Waals surface area (Å²) in [5.74, 6) is 0.961. The molecule has 1 saturated heterocycles. The number of aliphatic hydroxyl groups is 1. The van der Waals surface area contributed by atoms with Crippen LogP contribution in [0.3, 0.4) is 0 Å². The Balaban J connectivity index is 1.53. The molecule has 5 rings (SSSR count). The number of piperazine rings is 1. The highest BCUT2D eigenvalue weighted by Crippen LogP contribution is 2.27. The van der Waals surface area contributed by atoms with Crippen molar-refractivity contribution in [3.8, 4) is 5.82 Å². The molecule has 0 amide bonds. The lowest BCUT2D eigenvalue weighted by Crippen LogP contribution is -2.44. The quantitative estimate of drug-likeness (QED) is 0.373. The Hall–Kier alpha value is -3.76. The minimum absolute atomic E-state index is 0.0455. The maximum Gasteiger partial charge on any atom is 0.278 e. The van der Waals surface area contributed by atoms with Crippen LogP contribution < -0.4 is 15.8 Å². The third-order valence-corrected chi connectivity index (χ3v) is 7.45. The number of anilines is 3. The molecule has 206 valence electrons. The molecule has 1 aromatic carbocycles. The van der Waals surface area contributed by atoms with Crippen molar-refractivity contribution >= 4 is 28.4 Å². The van der Waals surface area contributed by atoms with Crippen molar-refractivity contribution in [1.29, 1.82) is 0 Å². The van der Waals surface area contributed by atoms with Gasteiger partial charge in [0.25, 0.3) is 5.56 Å². The highest BCUT2D eigenvalue weighted by atomic mass is 16.3. The first-order valence-electron chi connectivity index (χ1n) is 13.5. The number of aryl methyl sites for hydroxylation is 1. The number of benzene rings is 1. The van der Waals surface area contributed by atoms with Gasteiger partial charge < -0.3 is 20.2 Å². The number of hydrogen-bond donors (Lipinski definition) is 2. The molecule has 2 N–H and O–H groups in total. The normalized spacial score (nSPS) is 14.9. The summed E-state index contributed by atoms with van der Waals surface area (Å²) < 4.78 is 3.41. The molecule has 0 bridgehead atoms. The number of likely N-dealkylation sites (N-methyl/N-ethyl adjacent to an activating group) is 1. The van der Waals surface area contributed by atoms with Crippen molar-refractivity contribution in [2.24, 2.45) is 0 Å². The molecule has 1 aliphatic rings. The van der Waals surface area contributed by atoms with E-state index in [0.717, 1.165) is 37.6 Å². The van der Waals surface area contributed by atoms with E-state index in [2.05, 4.69) is 46.2 Å². The van der Waals surface area contributed by atoms with Gasteiger partial charge in [-0.15, -0.1) is 0 Å². The van der Waals surface area contributed by atoms with E-state index in [1.807, 2.05) is 52.0 Å². The number of rotatable bonds is 7. The van der Waals surface area contributed by atoms with E-state index in [4.69, 9.17) is 9.97 Å². The van der Waals surface area contributed by atoms with Gasteiger partial charge in [-0.2, -0.15) is 4.98 Å². The van der Waals surface area contributed by atoms with E-state index in [1.54, 1.807) is 15.6 Å². The van der Waals surface area contributed by atoms with Crippen LogP contribution >= 0.6 is 0 Å². The fourth-order valence-electron chi connectivity index (χ4n) is 5.01. The molecule has 1 aliphatic heterocycles. The van der Waals surface area contributed by atoms with E-state index in [1.165, 1.54) is 11.3 Å². The second kappa shape index (κ2) is 10.4. The minimum atomic E-state index is -0.530. The number of nitrogens with one attached hydrogen (secondary N) is 1. The average Bonchev–Trinajstić information content (AvgIpc) is 3.21. The molecule has 10 heteroatoms. The molecule has 0 atom stereocenters. The number of nitrogens with zero attached hydrogens (tertiary/aromatic N) is 7. The third kappa shape index (κ3) is 5.14. The predicted molar refractivity (Wildman–Crippen MR) is 156 cm³/mol. The first-order valence-corrected chi connectivity index (χ1v) is 13.5. The molecule has 4 heterocycles. The Bertz CT molecular complexity index is 1550. The summed E-state index contributed by atoms with van der Waals surface area (Å²) in [7, 11) is 2.16. The highest BCUT2D eigenvalue weighted by Gasteiger charge is 2.24. The lowest BCUT2D eigenvalue weighted by Gasteiger charge is -2.35. The molecule has 0 spiro atoms. The zero-order chi connectivity index (χ0) is 27.9. The second-order valence-corrected chi connectivity index (χ2v) is 11.3. The molecule has 39 heavy (non-hydrogen) atoms. The van der Waals surface area contributed by atoms with E-state index in [0.29, 0.717) is 22.8 Å². The van der Waals surface area contributed by atoms with Gasteiger partial charge in [0, 0.05) is 55.2 Å². The molecule has 0 aliphatic carbocycles. The molecule has 1 fully saturated rings. The maximum atomic E-state index is 13.4. The Morgan fingerprint density at radius 1 is 1.08 bits per heavy atom. The number of aliphatic hydroxyl groups excluding tert-OH is 1. The van der Waals surface area contributed by atoms with Crippen LogP contribution in [0.2, 0.25) is 0 Å². The summed E-state index contributed by atoms with van der Waals surface area (Å²) in [6.45, 7) is 14.0. The fraction of sp³-hybridized carbons (Fsp3) is 0.448. The van der Waals surface area contributed by atoms with Crippen LogP contribution in [0.1, 0.15) is 45.0 Å². The van der Waals surface area contributed by atoms with Gasteiger partial charge in [-0.05, 0) is 63.7 Å². The van der Waals surface area contributed by atoms with Crippen LogP contribution in [0, 0.1) is 6.92 Å². The average molecular weight is 531 g/mol. The van der Waals surface area contributed by atoms with Crippen molar-refractivity contribution in [3.05, 3.63) is 64.2 Å². The SMILES string of the molecule is Cc1cc(Nc2ncc3c(=O)n(C(C)C)n(-c4cccc(C(C)(C)CO)n4)c3n2)ccc1N1CCN(C)CC1. The highest BCUT2D eigenvalue weighted by molar-refractivity contribution is 5.77. The van der Waals surface area contributed by atoms with Crippen LogP contribution in [0.4, 0.5) is 17.3 Å². The largest absolute Gasteiger partial charge is 0.395 e. The Morgan fingerprint density at radius 2 is 1.82 bits per heavy atom. The topological polar surface area (TPSA) is 104 Å². The number of hydrogen-bond acceptors (Lipinski definition) is 8. The Labute approximate surface area is 228 Å². The van der Waals surface area contributed by atoms with Crippen molar-refractivity contribution in [2.45, 2.75) is 46.1 Å². The number of fused-ring (bicyclic) bond motifs is 1. The van der Waals surface area contributed by atoms with Gasteiger partial charge in [-0.25, -0.2) is 19.3 Å². The first-order chi connectivity index (χ1) is 18.6. The molecule has 10 nitrogen and oxygen atoms in total. The number of aromatic nitrogens is 5. The maximum absolute atomic E-state index is 13.4. The first kappa shape index (κ1) is 26.8. The Morgan fingerprint density at radius 3 is 2.49 bits per heavy atom. The smallest absolute Gasteiger partial charge is 0.278 e. The molecule has 0 unspecified atom stereocenters. The van der Waals surface area contributed by atoms with Crippen LogP contribution in [-0.2, 0) is 5.41 Å². The molecule has 4 aromatic rings. The molecular formula is C29H38N8O2. The second-order valence-electron chi connectivity index (χ2n) is 11.3. The monoisotopic (exact) mass is 530 g/mol. The lowest BCUT2D eigenvalue weighted by atomic mass is 9.90. The number of pyridine rings is 1.